The maximum atomic E-state index is 12.0. The van der Waals surface area contributed by atoms with Crippen LogP contribution < -0.4 is 11.2 Å². The Hall–Kier alpha value is -2.03. The topological polar surface area (TPSA) is 67.8 Å². The molecule has 0 amide bonds. The third-order valence-corrected chi connectivity index (χ3v) is 3.55. The van der Waals surface area contributed by atoms with Crippen LogP contribution in [-0.4, -0.2) is 9.13 Å². The van der Waals surface area contributed by atoms with Crippen LogP contribution >= 0.6 is 23.2 Å². The second kappa shape index (κ2) is 5.53. The van der Waals surface area contributed by atoms with Gasteiger partial charge in [-0.1, -0.05) is 29.3 Å². The molecule has 1 aromatic carbocycles. The van der Waals surface area contributed by atoms with E-state index in [4.69, 9.17) is 28.5 Å². The quantitative estimate of drug-likeness (QED) is 0.849. The Morgan fingerprint density at radius 1 is 1.25 bits per heavy atom. The molecule has 20 heavy (non-hydrogen) atoms. The van der Waals surface area contributed by atoms with Crippen molar-refractivity contribution in [1.82, 2.24) is 9.13 Å². The average Bonchev–Trinajstić information content (AvgIpc) is 2.43. The van der Waals surface area contributed by atoms with Crippen molar-refractivity contribution < 1.29 is 0 Å². The summed E-state index contributed by atoms with van der Waals surface area (Å²) in [7, 11) is 1.33. The lowest BCUT2D eigenvalue weighted by Gasteiger charge is -2.09. The monoisotopic (exact) mass is 309 g/mol. The highest BCUT2D eigenvalue weighted by atomic mass is 35.5. The molecule has 0 N–H and O–H groups in total. The normalized spacial score (nSPS) is 10.3. The zero-order valence-corrected chi connectivity index (χ0v) is 11.9. The molecule has 0 saturated heterocycles. The molecule has 1 aromatic heterocycles. The van der Waals surface area contributed by atoms with Crippen molar-refractivity contribution in [2.45, 2.75) is 6.54 Å². The standard InChI is InChI=1S/C13H9Cl2N3O2/c1-17-12(19)9(5-16)7-18(13(17)20)6-8-2-3-10(14)11(15)4-8/h2-4,7H,6H2,1H3. The second-order valence-corrected chi connectivity index (χ2v) is 4.99. The van der Waals surface area contributed by atoms with Gasteiger partial charge in [-0.2, -0.15) is 5.26 Å². The number of nitriles is 1. The molecule has 1 heterocycles. The maximum absolute atomic E-state index is 12.0. The predicted octanol–water partition coefficient (Wildman–Crippen LogP) is 1.77. The summed E-state index contributed by atoms with van der Waals surface area (Å²) < 4.78 is 2.18. The van der Waals surface area contributed by atoms with Gasteiger partial charge in [-0.05, 0) is 17.7 Å². The minimum absolute atomic E-state index is 0.0906. The van der Waals surface area contributed by atoms with Gasteiger partial charge in [0.15, 0.2) is 0 Å². The molecule has 0 unspecified atom stereocenters. The van der Waals surface area contributed by atoms with Crippen LogP contribution in [0.25, 0.3) is 0 Å². The molecule has 7 heteroatoms. The SMILES string of the molecule is Cn1c(=O)c(C#N)cn(Cc2ccc(Cl)c(Cl)c2)c1=O. The van der Waals surface area contributed by atoms with E-state index in [-0.39, 0.29) is 12.1 Å². The molecule has 0 radical (unpaired) electrons. The van der Waals surface area contributed by atoms with Crippen LogP contribution in [-0.2, 0) is 13.6 Å². The molecule has 0 aliphatic rings. The number of aromatic nitrogens is 2. The number of nitrogens with zero attached hydrogens (tertiary/aromatic N) is 3. The minimum Gasteiger partial charge on any atom is -0.295 e. The first-order chi connectivity index (χ1) is 9.43. The lowest BCUT2D eigenvalue weighted by atomic mass is 10.2. The van der Waals surface area contributed by atoms with Gasteiger partial charge in [0.05, 0.1) is 16.6 Å². The van der Waals surface area contributed by atoms with Gasteiger partial charge >= 0.3 is 5.69 Å². The van der Waals surface area contributed by atoms with Crippen LogP contribution in [0.1, 0.15) is 11.1 Å². The Bertz CT molecular complexity index is 831. The fourth-order valence-corrected chi connectivity index (χ4v) is 2.07. The molecule has 0 saturated carbocycles. The van der Waals surface area contributed by atoms with Gasteiger partial charge in [0.25, 0.3) is 5.56 Å². The fraction of sp³-hybridized carbons (Fsp3) is 0.154. The average molecular weight is 310 g/mol. The summed E-state index contributed by atoms with van der Waals surface area (Å²) in [6.45, 7) is 0.193. The van der Waals surface area contributed by atoms with Crippen molar-refractivity contribution in [2.24, 2.45) is 7.05 Å². The van der Waals surface area contributed by atoms with Crippen LogP contribution in [0, 0.1) is 11.3 Å². The molecule has 0 spiro atoms. The Kier molecular flexibility index (Phi) is 3.98. The third-order valence-electron chi connectivity index (χ3n) is 2.81. The van der Waals surface area contributed by atoms with Crippen LogP contribution in [0.3, 0.4) is 0 Å². The minimum atomic E-state index is -0.608. The van der Waals surface area contributed by atoms with Crippen molar-refractivity contribution in [3.8, 4) is 6.07 Å². The molecule has 0 aliphatic carbocycles. The Balaban J connectivity index is 2.52. The molecule has 0 bridgehead atoms. The number of benzene rings is 1. The Morgan fingerprint density at radius 3 is 2.55 bits per heavy atom. The van der Waals surface area contributed by atoms with Crippen molar-refractivity contribution in [3.63, 3.8) is 0 Å². The number of rotatable bonds is 2. The Labute approximate surface area is 124 Å². The maximum Gasteiger partial charge on any atom is 0.331 e. The number of hydrogen-bond donors (Lipinski definition) is 0. The number of halogens is 2. The molecule has 0 atom stereocenters. The summed E-state index contributed by atoms with van der Waals surface area (Å²) in [5.41, 5.74) is -0.459. The van der Waals surface area contributed by atoms with E-state index in [0.717, 1.165) is 10.1 Å². The summed E-state index contributed by atoms with van der Waals surface area (Å²) >= 11 is 11.7. The van der Waals surface area contributed by atoms with Crippen LogP contribution in [0.15, 0.2) is 34.0 Å². The lowest BCUT2D eigenvalue weighted by Crippen LogP contribution is -2.39. The molecule has 0 aliphatic heterocycles. The molecule has 5 nitrogen and oxygen atoms in total. The van der Waals surface area contributed by atoms with E-state index in [1.807, 2.05) is 0 Å². The van der Waals surface area contributed by atoms with Crippen LogP contribution in [0.5, 0.6) is 0 Å². The number of hydrogen-bond acceptors (Lipinski definition) is 3. The van der Waals surface area contributed by atoms with Crippen molar-refractivity contribution in [3.05, 3.63) is 66.4 Å². The second-order valence-electron chi connectivity index (χ2n) is 4.18. The van der Waals surface area contributed by atoms with Crippen molar-refractivity contribution in [1.29, 1.82) is 5.26 Å². The van der Waals surface area contributed by atoms with Crippen LogP contribution in [0.2, 0.25) is 10.0 Å². The summed E-state index contributed by atoms with van der Waals surface area (Å²) in [6, 6.07) is 6.74. The lowest BCUT2D eigenvalue weighted by molar-refractivity contribution is 0.642. The van der Waals surface area contributed by atoms with E-state index in [0.29, 0.717) is 10.0 Å². The Morgan fingerprint density at radius 2 is 1.95 bits per heavy atom. The van der Waals surface area contributed by atoms with Gasteiger partial charge in [-0.15, -0.1) is 0 Å². The van der Waals surface area contributed by atoms with E-state index in [1.165, 1.54) is 17.8 Å². The first-order valence-electron chi connectivity index (χ1n) is 5.58. The van der Waals surface area contributed by atoms with Crippen LogP contribution in [0.4, 0.5) is 0 Å². The highest BCUT2D eigenvalue weighted by Crippen LogP contribution is 2.22. The van der Waals surface area contributed by atoms with Gasteiger partial charge in [0.1, 0.15) is 11.6 Å². The third kappa shape index (κ3) is 2.62. The van der Waals surface area contributed by atoms with E-state index in [9.17, 15) is 9.59 Å². The molecule has 102 valence electrons. The molecule has 2 aromatic rings. The van der Waals surface area contributed by atoms with E-state index in [2.05, 4.69) is 0 Å². The smallest absolute Gasteiger partial charge is 0.295 e. The zero-order valence-electron chi connectivity index (χ0n) is 10.4. The molecular formula is C13H9Cl2N3O2. The summed E-state index contributed by atoms with van der Waals surface area (Å²) in [6.07, 6.45) is 1.24. The van der Waals surface area contributed by atoms with E-state index < -0.39 is 11.2 Å². The van der Waals surface area contributed by atoms with Crippen molar-refractivity contribution >= 4 is 23.2 Å². The van der Waals surface area contributed by atoms with E-state index >= 15 is 0 Å². The van der Waals surface area contributed by atoms with Gasteiger partial charge in [-0.25, -0.2) is 4.79 Å². The molecule has 2 rings (SSSR count). The summed E-state index contributed by atoms with van der Waals surface area (Å²) in [5, 5.41) is 9.68. The van der Waals surface area contributed by atoms with Crippen molar-refractivity contribution in [2.75, 3.05) is 0 Å². The zero-order chi connectivity index (χ0) is 14.9. The van der Waals surface area contributed by atoms with Gasteiger partial charge in [0, 0.05) is 13.2 Å². The highest BCUT2D eigenvalue weighted by Gasteiger charge is 2.09. The van der Waals surface area contributed by atoms with Gasteiger partial charge in [0.2, 0.25) is 0 Å². The fourth-order valence-electron chi connectivity index (χ4n) is 1.75. The molecular weight excluding hydrogens is 301 g/mol. The summed E-state index contributed by atoms with van der Waals surface area (Å²) in [5.74, 6) is 0. The van der Waals surface area contributed by atoms with E-state index in [1.54, 1.807) is 24.3 Å². The predicted molar refractivity (Wildman–Crippen MR) is 76.2 cm³/mol. The molecule has 0 fully saturated rings. The highest BCUT2D eigenvalue weighted by molar-refractivity contribution is 6.42. The first-order valence-corrected chi connectivity index (χ1v) is 6.34. The van der Waals surface area contributed by atoms with Gasteiger partial charge < -0.3 is 0 Å². The summed E-state index contributed by atoms with van der Waals surface area (Å²) in [4.78, 5) is 23.6. The first kappa shape index (κ1) is 14.4. The largest absolute Gasteiger partial charge is 0.331 e. The van der Waals surface area contributed by atoms with Gasteiger partial charge in [-0.3, -0.25) is 13.9 Å².